The Balaban J connectivity index is 2.16. The first-order chi connectivity index (χ1) is 8.26. The predicted octanol–water partition coefficient (Wildman–Crippen LogP) is 1.29. The van der Waals surface area contributed by atoms with Crippen LogP contribution in [0, 0.1) is 0 Å². The Labute approximate surface area is 101 Å². The van der Waals surface area contributed by atoms with E-state index in [1.54, 1.807) is 7.11 Å². The Hall–Kier alpha value is -1.39. The molecule has 1 amide bonds. The van der Waals surface area contributed by atoms with Crippen LogP contribution in [0.4, 0.5) is 5.69 Å². The van der Waals surface area contributed by atoms with Gasteiger partial charge in [0.05, 0.1) is 0 Å². The van der Waals surface area contributed by atoms with Gasteiger partial charge in [0.1, 0.15) is 6.61 Å². The third-order valence-corrected chi connectivity index (χ3v) is 2.90. The molecule has 0 heterocycles. The van der Waals surface area contributed by atoms with Crippen molar-refractivity contribution in [2.45, 2.75) is 25.4 Å². The molecule has 0 aliphatic heterocycles. The molecule has 0 atom stereocenters. The second-order valence-electron chi connectivity index (χ2n) is 4.30. The first kappa shape index (κ1) is 12.1. The molecule has 2 rings (SSSR count). The fourth-order valence-electron chi connectivity index (χ4n) is 1.88. The number of rotatable bonds is 5. The van der Waals surface area contributed by atoms with Gasteiger partial charge in [-0.15, -0.1) is 0 Å². The molecular weight excluding hydrogens is 216 g/mol. The van der Waals surface area contributed by atoms with Crippen LogP contribution in [0.2, 0.25) is 0 Å². The highest BCUT2D eigenvalue weighted by atomic mass is 16.5. The average molecular weight is 234 g/mol. The maximum absolute atomic E-state index is 12.0. The normalized spacial score (nSPS) is 14.7. The monoisotopic (exact) mass is 234 g/mol. The van der Waals surface area contributed by atoms with E-state index < -0.39 is 0 Å². The van der Waals surface area contributed by atoms with E-state index in [0.717, 1.165) is 24.1 Å². The lowest BCUT2D eigenvalue weighted by atomic mass is 10.2. The van der Waals surface area contributed by atoms with E-state index in [-0.39, 0.29) is 12.5 Å². The van der Waals surface area contributed by atoms with Gasteiger partial charge in [-0.25, -0.2) is 0 Å². The number of nitrogens with zero attached hydrogens (tertiary/aromatic N) is 1. The largest absolute Gasteiger partial charge is 0.375 e. The molecule has 0 bridgehead atoms. The van der Waals surface area contributed by atoms with Gasteiger partial charge in [0.25, 0.3) is 5.91 Å². The van der Waals surface area contributed by atoms with E-state index in [0.29, 0.717) is 12.6 Å². The van der Waals surface area contributed by atoms with Crippen LogP contribution in [0.1, 0.15) is 18.4 Å². The van der Waals surface area contributed by atoms with Gasteiger partial charge in [-0.2, -0.15) is 0 Å². The summed E-state index contributed by atoms with van der Waals surface area (Å²) in [6.45, 7) is 0.658. The minimum atomic E-state index is 0.0236. The van der Waals surface area contributed by atoms with Crippen LogP contribution < -0.4 is 10.6 Å². The topological polar surface area (TPSA) is 55.6 Å². The second kappa shape index (κ2) is 5.29. The van der Waals surface area contributed by atoms with Crippen LogP contribution in [0.3, 0.4) is 0 Å². The van der Waals surface area contributed by atoms with Crippen molar-refractivity contribution in [3.63, 3.8) is 0 Å². The Morgan fingerprint density at radius 3 is 2.53 bits per heavy atom. The van der Waals surface area contributed by atoms with Gasteiger partial charge in [-0.3, -0.25) is 4.79 Å². The summed E-state index contributed by atoms with van der Waals surface area (Å²) >= 11 is 0. The molecule has 0 unspecified atom stereocenters. The Morgan fingerprint density at radius 2 is 2.06 bits per heavy atom. The molecule has 1 aromatic rings. The summed E-state index contributed by atoms with van der Waals surface area (Å²) in [6.07, 6.45) is 2.15. The van der Waals surface area contributed by atoms with Crippen LogP contribution >= 0.6 is 0 Å². The van der Waals surface area contributed by atoms with Crippen LogP contribution in [-0.2, 0) is 16.1 Å². The molecule has 1 aromatic carbocycles. The lowest BCUT2D eigenvalue weighted by Crippen LogP contribution is -2.35. The minimum Gasteiger partial charge on any atom is -0.375 e. The fraction of sp³-hybridized carbons (Fsp3) is 0.462. The molecular formula is C13H18N2O2. The molecule has 17 heavy (non-hydrogen) atoms. The molecule has 1 saturated carbocycles. The van der Waals surface area contributed by atoms with Crippen molar-refractivity contribution in [2.75, 3.05) is 18.6 Å². The van der Waals surface area contributed by atoms with E-state index in [9.17, 15) is 4.79 Å². The van der Waals surface area contributed by atoms with Gasteiger partial charge in [0.2, 0.25) is 0 Å². The molecule has 1 aliphatic carbocycles. The van der Waals surface area contributed by atoms with Crippen LogP contribution in [0.15, 0.2) is 24.3 Å². The highest BCUT2D eigenvalue weighted by Crippen LogP contribution is 2.31. The summed E-state index contributed by atoms with van der Waals surface area (Å²) in [6, 6.07) is 8.18. The number of nitrogens with two attached hydrogens (primary N) is 1. The van der Waals surface area contributed by atoms with Gasteiger partial charge in [-0.05, 0) is 30.5 Å². The highest BCUT2D eigenvalue weighted by molar-refractivity contribution is 5.95. The maximum Gasteiger partial charge on any atom is 0.253 e. The van der Waals surface area contributed by atoms with E-state index in [4.69, 9.17) is 10.5 Å². The van der Waals surface area contributed by atoms with Crippen molar-refractivity contribution < 1.29 is 9.53 Å². The lowest BCUT2D eigenvalue weighted by Gasteiger charge is -2.22. The summed E-state index contributed by atoms with van der Waals surface area (Å²) < 4.78 is 4.92. The number of carbonyl (C=O) groups is 1. The van der Waals surface area contributed by atoms with Crippen LogP contribution in [-0.4, -0.2) is 25.7 Å². The standard InChI is InChI=1S/C13H18N2O2/c1-17-9-13(16)15(12-6-7-12)11-4-2-10(8-14)3-5-11/h2-5,12H,6-9,14H2,1H3. The number of carbonyl (C=O) groups excluding carboxylic acids is 1. The summed E-state index contributed by atoms with van der Waals surface area (Å²) in [4.78, 5) is 13.8. The van der Waals surface area contributed by atoms with Crippen LogP contribution in [0.5, 0.6) is 0 Å². The van der Waals surface area contributed by atoms with Crippen molar-refractivity contribution in [1.82, 2.24) is 0 Å². The Kier molecular flexibility index (Phi) is 3.76. The van der Waals surface area contributed by atoms with Gasteiger partial charge in [0.15, 0.2) is 0 Å². The fourth-order valence-corrected chi connectivity index (χ4v) is 1.88. The van der Waals surface area contributed by atoms with E-state index in [1.807, 2.05) is 29.2 Å². The molecule has 4 heteroatoms. The molecule has 2 N–H and O–H groups in total. The smallest absolute Gasteiger partial charge is 0.253 e. The number of ether oxygens (including phenoxy) is 1. The van der Waals surface area contributed by atoms with Gasteiger partial charge >= 0.3 is 0 Å². The zero-order valence-corrected chi connectivity index (χ0v) is 10.1. The number of amides is 1. The number of benzene rings is 1. The predicted molar refractivity (Wildman–Crippen MR) is 66.7 cm³/mol. The third kappa shape index (κ3) is 2.84. The quantitative estimate of drug-likeness (QED) is 0.835. The van der Waals surface area contributed by atoms with E-state index in [2.05, 4.69) is 0 Å². The van der Waals surface area contributed by atoms with Crippen molar-refractivity contribution >= 4 is 11.6 Å². The first-order valence-corrected chi connectivity index (χ1v) is 5.86. The van der Waals surface area contributed by atoms with E-state index >= 15 is 0 Å². The summed E-state index contributed by atoms with van der Waals surface area (Å²) in [5.74, 6) is 0.0236. The molecule has 1 fully saturated rings. The number of anilines is 1. The van der Waals surface area contributed by atoms with Gasteiger partial charge < -0.3 is 15.4 Å². The maximum atomic E-state index is 12.0. The molecule has 0 radical (unpaired) electrons. The van der Waals surface area contributed by atoms with E-state index in [1.165, 1.54) is 0 Å². The number of hydrogen-bond donors (Lipinski definition) is 1. The van der Waals surface area contributed by atoms with Crippen molar-refractivity contribution in [3.05, 3.63) is 29.8 Å². The van der Waals surface area contributed by atoms with Crippen LogP contribution in [0.25, 0.3) is 0 Å². The molecule has 4 nitrogen and oxygen atoms in total. The lowest BCUT2D eigenvalue weighted by molar-refractivity contribution is -0.122. The Morgan fingerprint density at radius 1 is 1.41 bits per heavy atom. The third-order valence-electron chi connectivity index (χ3n) is 2.90. The SMILES string of the molecule is COCC(=O)N(c1ccc(CN)cc1)C1CC1. The molecule has 1 aliphatic rings. The first-order valence-electron chi connectivity index (χ1n) is 5.86. The molecule has 92 valence electrons. The molecule has 0 spiro atoms. The summed E-state index contributed by atoms with van der Waals surface area (Å²) in [5, 5.41) is 0. The van der Waals surface area contributed by atoms with Gasteiger partial charge in [0, 0.05) is 25.4 Å². The molecule has 0 aromatic heterocycles. The highest BCUT2D eigenvalue weighted by Gasteiger charge is 2.33. The number of methoxy groups -OCH3 is 1. The van der Waals surface area contributed by atoms with Gasteiger partial charge in [-0.1, -0.05) is 12.1 Å². The zero-order valence-electron chi connectivity index (χ0n) is 10.1. The van der Waals surface area contributed by atoms with Crippen molar-refractivity contribution in [2.24, 2.45) is 5.73 Å². The average Bonchev–Trinajstić information content (AvgIpc) is 3.15. The summed E-state index contributed by atoms with van der Waals surface area (Å²) in [7, 11) is 1.54. The summed E-state index contributed by atoms with van der Waals surface area (Å²) in [5.41, 5.74) is 7.56. The van der Waals surface area contributed by atoms with Crippen molar-refractivity contribution in [3.8, 4) is 0 Å². The zero-order chi connectivity index (χ0) is 12.3. The molecule has 0 saturated heterocycles. The Bertz CT molecular complexity index is 385. The second-order valence-corrected chi connectivity index (χ2v) is 4.30. The van der Waals surface area contributed by atoms with Crippen molar-refractivity contribution in [1.29, 1.82) is 0 Å². The number of hydrogen-bond acceptors (Lipinski definition) is 3. The minimum absolute atomic E-state index is 0.0236.